The van der Waals surface area contributed by atoms with Crippen LogP contribution in [-0.2, 0) is 0 Å². The van der Waals surface area contributed by atoms with Crippen LogP contribution in [0.5, 0.6) is 0 Å². The molecule has 0 saturated heterocycles. The predicted molar refractivity (Wildman–Crippen MR) is 73.9 cm³/mol. The van der Waals surface area contributed by atoms with E-state index >= 15 is 0 Å². The minimum absolute atomic E-state index is 0.199. The lowest BCUT2D eigenvalue weighted by Gasteiger charge is -2.08. The van der Waals surface area contributed by atoms with Crippen molar-refractivity contribution in [1.82, 2.24) is 10.6 Å². The average Bonchev–Trinajstić information content (AvgIpc) is 2.39. The van der Waals surface area contributed by atoms with Crippen LogP contribution < -0.4 is 10.6 Å². The number of aliphatic imine (C=N–C) groups is 1. The van der Waals surface area contributed by atoms with Crippen LogP contribution in [-0.4, -0.2) is 24.4 Å². The molecule has 1 aromatic rings. The first-order valence-electron chi connectivity index (χ1n) is 5.23. The molecule has 0 aliphatic rings. The maximum absolute atomic E-state index is 11.7. The Balaban J connectivity index is 3.30. The number of para-hydroxylation sites is 1. The highest BCUT2D eigenvalue weighted by molar-refractivity contribution is 8.13. The topological polar surface area (TPSA) is 77.3 Å². The molecular formula is C12H14N4OS. The third kappa shape index (κ3) is 3.25. The van der Waals surface area contributed by atoms with Crippen molar-refractivity contribution in [3.63, 3.8) is 0 Å². The lowest BCUT2D eigenvalue weighted by atomic mass is 10.1. The first kappa shape index (κ1) is 14.1. The fourth-order valence-electron chi connectivity index (χ4n) is 1.40. The van der Waals surface area contributed by atoms with E-state index in [1.807, 2.05) is 19.2 Å². The highest BCUT2D eigenvalue weighted by Gasteiger charge is 2.12. The maximum atomic E-state index is 11.7. The molecule has 18 heavy (non-hydrogen) atoms. The average molecular weight is 262 g/mol. The van der Waals surface area contributed by atoms with Crippen molar-refractivity contribution in [3.05, 3.63) is 29.3 Å². The Hall–Kier alpha value is -2.00. The van der Waals surface area contributed by atoms with Crippen LogP contribution in [0.2, 0.25) is 0 Å². The van der Waals surface area contributed by atoms with E-state index in [1.54, 1.807) is 25.4 Å². The van der Waals surface area contributed by atoms with E-state index in [0.29, 0.717) is 16.4 Å². The molecule has 0 bridgehead atoms. The fraction of sp³-hybridized carbons (Fsp3) is 0.250. The summed E-state index contributed by atoms with van der Waals surface area (Å²) in [6.07, 6.45) is 3.63. The van der Waals surface area contributed by atoms with Gasteiger partial charge in [0.1, 0.15) is 0 Å². The van der Waals surface area contributed by atoms with Crippen molar-refractivity contribution < 1.29 is 4.79 Å². The van der Waals surface area contributed by atoms with E-state index < -0.39 is 0 Å². The zero-order valence-electron chi connectivity index (χ0n) is 10.4. The highest BCUT2D eigenvalue weighted by Crippen LogP contribution is 2.24. The molecule has 0 saturated carbocycles. The number of nitriles is 1. The normalized spacial score (nSPS) is 10.7. The van der Waals surface area contributed by atoms with Crippen LogP contribution in [0.3, 0.4) is 0 Å². The van der Waals surface area contributed by atoms with E-state index in [-0.39, 0.29) is 5.91 Å². The van der Waals surface area contributed by atoms with Gasteiger partial charge in [0.15, 0.2) is 11.4 Å². The number of carbonyl (C=O) groups is 1. The Morgan fingerprint density at radius 3 is 2.78 bits per heavy atom. The summed E-state index contributed by atoms with van der Waals surface area (Å²) in [7, 11) is 1.57. The summed E-state index contributed by atoms with van der Waals surface area (Å²) in [4.78, 5) is 16.1. The summed E-state index contributed by atoms with van der Waals surface area (Å²) in [6, 6.07) is 5.37. The van der Waals surface area contributed by atoms with Gasteiger partial charge >= 0.3 is 0 Å². The lowest BCUT2D eigenvalue weighted by Crippen LogP contribution is -2.19. The molecular weight excluding hydrogens is 248 g/mol. The van der Waals surface area contributed by atoms with Crippen molar-refractivity contribution >= 4 is 28.5 Å². The molecule has 0 heterocycles. The van der Waals surface area contributed by atoms with Crippen LogP contribution in [0.25, 0.3) is 0 Å². The van der Waals surface area contributed by atoms with E-state index in [9.17, 15) is 4.79 Å². The number of amides is 1. The van der Waals surface area contributed by atoms with Gasteiger partial charge in [0.25, 0.3) is 5.91 Å². The summed E-state index contributed by atoms with van der Waals surface area (Å²) in [5.74, 6) is -0.199. The summed E-state index contributed by atoms with van der Waals surface area (Å²) in [5, 5.41) is 14.1. The van der Waals surface area contributed by atoms with Gasteiger partial charge in [-0.25, -0.2) is 4.99 Å². The Kier molecular flexibility index (Phi) is 5.21. The molecule has 1 amide bonds. The number of nitrogens with one attached hydrogen (secondary N) is 2. The van der Waals surface area contributed by atoms with Gasteiger partial charge in [-0.15, -0.1) is 0 Å². The van der Waals surface area contributed by atoms with Crippen molar-refractivity contribution in [2.75, 3.05) is 13.3 Å². The van der Waals surface area contributed by atoms with Crippen LogP contribution >= 0.6 is 11.8 Å². The number of carbonyl (C=O) groups excluding carboxylic acids is 1. The van der Waals surface area contributed by atoms with E-state index in [1.165, 1.54) is 11.8 Å². The summed E-state index contributed by atoms with van der Waals surface area (Å²) < 4.78 is 0. The van der Waals surface area contributed by atoms with Crippen molar-refractivity contribution in [2.24, 2.45) is 4.99 Å². The van der Waals surface area contributed by atoms with Gasteiger partial charge < -0.3 is 5.32 Å². The van der Waals surface area contributed by atoms with Gasteiger partial charge in [-0.05, 0) is 24.8 Å². The number of aryl methyl sites for hydroxylation is 1. The molecule has 94 valence electrons. The second kappa shape index (κ2) is 6.67. The number of hydrogen-bond donors (Lipinski definition) is 2. The Morgan fingerprint density at radius 1 is 1.50 bits per heavy atom. The summed E-state index contributed by atoms with van der Waals surface area (Å²) in [6.45, 7) is 1.87. The molecule has 1 aromatic carbocycles. The Labute approximate surface area is 110 Å². The highest BCUT2D eigenvalue weighted by atomic mass is 32.2. The summed E-state index contributed by atoms with van der Waals surface area (Å²) >= 11 is 1.31. The first-order valence-corrected chi connectivity index (χ1v) is 6.46. The predicted octanol–water partition coefficient (Wildman–Crippen LogP) is 1.78. The standard InChI is InChI=1S/C12H14N4OS/c1-8-5-4-6-9(11(17)14-2)10(8)16-12(18-3)15-7-13/h4-6H,1-3H3,(H,14,17)(H,15,16). The Bertz CT molecular complexity index is 519. The molecule has 0 aliphatic carbocycles. The van der Waals surface area contributed by atoms with Crippen LogP contribution in [0.1, 0.15) is 15.9 Å². The molecule has 0 fully saturated rings. The minimum Gasteiger partial charge on any atom is -0.355 e. The smallest absolute Gasteiger partial charge is 0.253 e. The molecule has 6 heteroatoms. The number of rotatable bonds is 2. The molecule has 2 N–H and O–H groups in total. The lowest BCUT2D eigenvalue weighted by molar-refractivity contribution is 0.0963. The van der Waals surface area contributed by atoms with Gasteiger partial charge in [-0.1, -0.05) is 23.9 Å². The van der Waals surface area contributed by atoms with Gasteiger partial charge in [0.2, 0.25) is 0 Å². The number of nitrogens with zero attached hydrogens (tertiary/aromatic N) is 2. The third-order valence-electron chi connectivity index (χ3n) is 2.28. The monoisotopic (exact) mass is 262 g/mol. The van der Waals surface area contributed by atoms with E-state index in [2.05, 4.69) is 15.6 Å². The second-order valence-corrected chi connectivity index (χ2v) is 4.20. The SMILES string of the molecule is CNC(=O)c1cccc(C)c1N=C(NC#N)SC. The molecule has 5 nitrogen and oxygen atoms in total. The molecule has 0 aliphatic heterocycles. The molecule has 0 atom stereocenters. The minimum atomic E-state index is -0.199. The third-order valence-corrected chi connectivity index (χ3v) is 2.86. The molecule has 0 radical (unpaired) electrons. The van der Waals surface area contributed by atoms with Gasteiger partial charge in [-0.3, -0.25) is 10.1 Å². The molecule has 1 rings (SSSR count). The zero-order chi connectivity index (χ0) is 13.5. The van der Waals surface area contributed by atoms with Crippen molar-refractivity contribution in [3.8, 4) is 6.19 Å². The first-order chi connectivity index (χ1) is 8.63. The van der Waals surface area contributed by atoms with Crippen LogP contribution in [0.15, 0.2) is 23.2 Å². The number of hydrogen-bond acceptors (Lipinski definition) is 4. The van der Waals surface area contributed by atoms with E-state index in [4.69, 9.17) is 5.26 Å². The van der Waals surface area contributed by atoms with Gasteiger partial charge in [0.05, 0.1) is 11.3 Å². The maximum Gasteiger partial charge on any atom is 0.253 e. The van der Waals surface area contributed by atoms with E-state index in [0.717, 1.165) is 5.56 Å². The summed E-state index contributed by atoms with van der Waals surface area (Å²) in [5.41, 5.74) is 1.94. The molecule has 0 unspecified atom stereocenters. The Morgan fingerprint density at radius 2 is 2.22 bits per heavy atom. The van der Waals surface area contributed by atoms with Crippen molar-refractivity contribution in [2.45, 2.75) is 6.92 Å². The number of thioether (sulfide) groups is 1. The quantitative estimate of drug-likeness (QED) is 0.368. The molecule has 0 aromatic heterocycles. The zero-order valence-corrected chi connectivity index (χ0v) is 11.3. The van der Waals surface area contributed by atoms with Gasteiger partial charge in [-0.2, -0.15) is 5.26 Å². The van der Waals surface area contributed by atoms with Crippen LogP contribution in [0.4, 0.5) is 5.69 Å². The number of amidine groups is 1. The number of benzene rings is 1. The van der Waals surface area contributed by atoms with Gasteiger partial charge in [0, 0.05) is 7.05 Å². The second-order valence-electron chi connectivity index (χ2n) is 3.41. The van der Waals surface area contributed by atoms with Crippen LogP contribution in [0, 0.1) is 18.4 Å². The molecule has 0 spiro atoms. The fourth-order valence-corrected chi connectivity index (χ4v) is 1.73. The van der Waals surface area contributed by atoms with Crippen molar-refractivity contribution in [1.29, 1.82) is 5.26 Å². The largest absolute Gasteiger partial charge is 0.355 e.